The molecule has 6 aromatic heterocycles. The van der Waals surface area contributed by atoms with E-state index in [0.29, 0.717) is 39.5 Å². The molecule has 0 bridgehead atoms. The molecule has 88 heavy (non-hydrogen) atoms. The maximum Gasteiger partial charge on any atom is 0.160 e. The van der Waals surface area contributed by atoms with Gasteiger partial charge >= 0.3 is 0 Å². The number of para-hydroxylation sites is 10. The van der Waals surface area contributed by atoms with Gasteiger partial charge in [-0.3, -0.25) is 0 Å². The summed E-state index contributed by atoms with van der Waals surface area (Å²) in [7, 11) is 0. The van der Waals surface area contributed by atoms with Crippen molar-refractivity contribution in [3.05, 3.63) is 284 Å². The average molecular weight is 1120 g/mol. The van der Waals surface area contributed by atoms with E-state index in [9.17, 15) is 10.5 Å². The summed E-state index contributed by atoms with van der Waals surface area (Å²) in [6, 6.07) is 102. The molecule has 0 aliphatic heterocycles. The van der Waals surface area contributed by atoms with Gasteiger partial charge in [-0.15, -0.1) is 0 Å². The lowest BCUT2D eigenvalue weighted by atomic mass is 9.98. The highest BCUT2D eigenvalue weighted by Crippen LogP contribution is 2.51. The molecule has 0 unspecified atom stereocenters. The van der Waals surface area contributed by atoms with E-state index < -0.39 is 0 Å². The van der Waals surface area contributed by atoms with Crippen molar-refractivity contribution in [2.75, 3.05) is 0 Å². The Kier molecular flexibility index (Phi) is 9.87. The fraction of sp³-hybridized carbons (Fsp3) is 0. The number of nitrogens with zero attached hydrogens (tertiary/aromatic N) is 7. The van der Waals surface area contributed by atoms with E-state index in [1.807, 2.05) is 12.1 Å². The van der Waals surface area contributed by atoms with Crippen LogP contribution < -0.4 is 0 Å². The molecule has 0 atom stereocenters. The Bertz CT molecular complexity index is 6140. The molecule has 0 saturated heterocycles. The molecule has 8 nitrogen and oxygen atoms in total. The normalized spacial score (nSPS) is 12.1. The second-order valence-corrected chi connectivity index (χ2v) is 22.9. The standard InChI is InChI=1S/C80H45N7O/c81-46-62-75(84-67-34-14-4-24-52(67)53-25-5-15-35-68(53)84)76(85-69-36-16-6-26-54(69)55-27-7-17-37-70(55)85)63(47-82)78(77(62)86-71-38-18-8-28-56(71)57-29-9-19-39-72(57)86)87-73-45-48(41-42-58(73)60-43-44-61-59-30-10-20-40-74(59)88-80(61)79(60)87)49-21-1-11-31-64(49)83-65-32-12-2-22-50(65)51-23-3-13-33-66(51)83/h1-45H. The second kappa shape index (κ2) is 18.1. The monoisotopic (exact) mass is 1120 g/mol. The molecule has 0 aliphatic rings. The van der Waals surface area contributed by atoms with Crippen LogP contribution in [-0.4, -0.2) is 22.8 Å². The third-order valence-electron chi connectivity index (χ3n) is 18.6. The van der Waals surface area contributed by atoms with Crippen LogP contribution in [-0.2, 0) is 0 Å². The van der Waals surface area contributed by atoms with Crippen LogP contribution in [0, 0.1) is 22.7 Å². The van der Waals surface area contributed by atoms with Crippen LogP contribution >= 0.6 is 0 Å². The maximum atomic E-state index is 13.1. The van der Waals surface area contributed by atoms with Gasteiger partial charge in [-0.1, -0.05) is 200 Å². The molecule has 19 aromatic rings. The number of aromatic nitrogens is 5. The molecule has 19 rings (SSSR count). The third-order valence-corrected chi connectivity index (χ3v) is 18.6. The number of nitriles is 2. The van der Waals surface area contributed by atoms with Crippen molar-refractivity contribution in [1.82, 2.24) is 22.8 Å². The summed E-state index contributed by atoms with van der Waals surface area (Å²) in [6.45, 7) is 0. The molecule has 0 fully saturated rings. The predicted octanol–water partition coefficient (Wildman–Crippen LogP) is 20.5. The van der Waals surface area contributed by atoms with E-state index in [2.05, 4.69) is 296 Å². The van der Waals surface area contributed by atoms with Crippen molar-refractivity contribution < 1.29 is 4.42 Å². The summed E-state index contributed by atoms with van der Waals surface area (Å²) in [6.07, 6.45) is 0. The molecule has 0 amide bonds. The van der Waals surface area contributed by atoms with Crippen LogP contribution in [0.1, 0.15) is 11.1 Å². The number of fused-ring (bicyclic) bond motifs is 19. The number of furan rings is 1. The Morgan fingerprint density at radius 1 is 0.261 bits per heavy atom. The lowest BCUT2D eigenvalue weighted by Crippen LogP contribution is -2.16. The van der Waals surface area contributed by atoms with Crippen molar-refractivity contribution in [2.45, 2.75) is 0 Å². The van der Waals surface area contributed by atoms with Gasteiger partial charge in [0.05, 0.1) is 83.6 Å². The van der Waals surface area contributed by atoms with E-state index in [0.717, 1.165) is 131 Å². The molecule has 0 N–H and O–H groups in total. The molecule has 0 aliphatic carbocycles. The molecule has 406 valence electrons. The topological polar surface area (TPSA) is 85.4 Å². The van der Waals surface area contributed by atoms with Crippen LogP contribution in [0.4, 0.5) is 0 Å². The summed E-state index contributed by atoms with van der Waals surface area (Å²) >= 11 is 0. The zero-order chi connectivity index (χ0) is 57.9. The SMILES string of the molecule is N#Cc1c(-n2c3ccccc3c3ccccc32)c(-n2c3ccccc3c3ccccc32)c(C#N)c(-n2c3cc(-c4ccccc4-n4c5ccccc5c5ccccc54)ccc3c3ccc4c5ccccc5oc4c32)c1-n1c2ccccc2c2ccccc21. The fourth-order valence-electron chi connectivity index (χ4n) is 15.0. The average Bonchev–Trinajstić information content (AvgIpc) is 1.87. The first kappa shape index (κ1) is 48.1. The van der Waals surface area contributed by atoms with Crippen molar-refractivity contribution >= 4 is 131 Å². The number of benzene rings is 13. The highest BCUT2D eigenvalue weighted by Gasteiger charge is 2.35. The van der Waals surface area contributed by atoms with Crippen molar-refractivity contribution in [3.63, 3.8) is 0 Å². The van der Waals surface area contributed by atoms with Gasteiger partial charge in [0, 0.05) is 70.2 Å². The molecular weight excluding hydrogens is 1070 g/mol. The van der Waals surface area contributed by atoms with Crippen LogP contribution in [0.5, 0.6) is 0 Å². The van der Waals surface area contributed by atoms with Crippen molar-refractivity contribution in [3.8, 4) is 51.7 Å². The Hall–Kier alpha value is -12.4. The smallest absolute Gasteiger partial charge is 0.160 e. The first-order valence-electron chi connectivity index (χ1n) is 29.6. The van der Waals surface area contributed by atoms with E-state index in [1.54, 1.807) is 0 Å². The minimum atomic E-state index is 0.363. The van der Waals surface area contributed by atoms with Crippen LogP contribution in [0.2, 0.25) is 0 Å². The van der Waals surface area contributed by atoms with Gasteiger partial charge < -0.3 is 27.3 Å². The van der Waals surface area contributed by atoms with E-state index >= 15 is 0 Å². The summed E-state index contributed by atoms with van der Waals surface area (Å²) in [5, 5.41) is 38.4. The number of rotatable bonds is 6. The quantitative estimate of drug-likeness (QED) is 0.166. The highest BCUT2D eigenvalue weighted by molar-refractivity contribution is 6.23. The molecule has 0 radical (unpaired) electrons. The maximum absolute atomic E-state index is 13.1. The Morgan fingerprint density at radius 3 is 1.00 bits per heavy atom. The van der Waals surface area contributed by atoms with Crippen LogP contribution in [0.3, 0.4) is 0 Å². The van der Waals surface area contributed by atoms with Crippen molar-refractivity contribution in [2.24, 2.45) is 0 Å². The van der Waals surface area contributed by atoms with Gasteiger partial charge in [0.25, 0.3) is 0 Å². The zero-order valence-electron chi connectivity index (χ0n) is 47.0. The van der Waals surface area contributed by atoms with E-state index in [1.165, 1.54) is 10.8 Å². The molecule has 13 aromatic carbocycles. The number of hydrogen-bond acceptors (Lipinski definition) is 3. The van der Waals surface area contributed by atoms with Gasteiger partial charge in [0.2, 0.25) is 0 Å². The van der Waals surface area contributed by atoms with Crippen molar-refractivity contribution in [1.29, 1.82) is 10.5 Å². The summed E-state index contributed by atoms with van der Waals surface area (Å²) in [4.78, 5) is 0. The first-order chi connectivity index (χ1) is 43.7. The number of hydrogen-bond donors (Lipinski definition) is 0. The Balaban J connectivity index is 1.07. The molecular formula is C80H45N7O. The van der Waals surface area contributed by atoms with Gasteiger partial charge in [-0.2, -0.15) is 10.5 Å². The minimum absolute atomic E-state index is 0.363. The summed E-state index contributed by atoms with van der Waals surface area (Å²) in [5.41, 5.74) is 16.6. The summed E-state index contributed by atoms with van der Waals surface area (Å²) < 4.78 is 18.7. The predicted molar refractivity (Wildman–Crippen MR) is 360 cm³/mol. The molecule has 8 heteroatoms. The minimum Gasteiger partial charge on any atom is -0.454 e. The fourth-order valence-corrected chi connectivity index (χ4v) is 15.0. The second-order valence-electron chi connectivity index (χ2n) is 22.9. The summed E-state index contributed by atoms with van der Waals surface area (Å²) in [5.74, 6) is 0. The lowest BCUT2D eigenvalue weighted by Gasteiger charge is -2.27. The Morgan fingerprint density at radius 2 is 0.580 bits per heavy atom. The van der Waals surface area contributed by atoms with Gasteiger partial charge in [-0.25, -0.2) is 0 Å². The van der Waals surface area contributed by atoms with Gasteiger partial charge in [-0.05, 0) is 78.4 Å². The zero-order valence-corrected chi connectivity index (χ0v) is 47.0. The lowest BCUT2D eigenvalue weighted by molar-refractivity contribution is 0.671. The molecule has 6 heterocycles. The van der Waals surface area contributed by atoms with Crippen LogP contribution in [0.25, 0.3) is 171 Å². The molecule has 0 spiro atoms. The van der Waals surface area contributed by atoms with Gasteiger partial charge in [0.1, 0.15) is 28.8 Å². The van der Waals surface area contributed by atoms with E-state index in [-0.39, 0.29) is 0 Å². The third kappa shape index (κ3) is 6.34. The molecule has 0 saturated carbocycles. The van der Waals surface area contributed by atoms with E-state index in [4.69, 9.17) is 4.42 Å². The highest BCUT2D eigenvalue weighted by atomic mass is 16.3. The Labute approximate surface area is 501 Å². The van der Waals surface area contributed by atoms with Gasteiger partial charge in [0.15, 0.2) is 5.58 Å². The first-order valence-corrected chi connectivity index (χ1v) is 29.6. The largest absolute Gasteiger partial charge is 0.454 e. The van der Waals surface area contributed by atoms with Crippen LogP contribution in [0.15, 0.2) is 277 Å².